The lowest BCUT2D eigenvalue weighted by atomic mass is 9.97. The highest BCUT2D eigenvalue weighted by molar-refractivity contribution is 6.48. The second-order valence-corrected chi connectivity index (χ2v) is 7.66. The van der Waals surface area contributed by atoms with Gasteiger partial charge in [0.15, 0.2) is 5.78 Å². The first-order chi connectivity index (χ1) is 14.9. The van der Waals surface area contributed by atoms with Gasteiger partial charge in [-0.2, -0.15) is 13.2 Å². The lowest BCUT2D eigenvalue weighted by Gasteiger charge is -2.18. The standard InChI is InChI=1S/C18H12Cl3F3O.C4H10N2O/c1-10(25)12-5-2-11(3-6-12)4-7-14(18(22,23)24)13-8-15(19)17(21)16(20)9-13;1-3-6-4(7)5-2/h2-9,14H,1H3;3H2,1-2H3,(H2,5,6,7)/b7-4+;. The van der Waals surface area contributed by atoms with E-state index in [-0.39, 0.29) is 32.4 Å². The van der Waals surface area contributed by atoms with Crippen LogP contribution in [-0.4, -0.2) is 31.6 Å². The van der Waals surface area contributed by atoms with Crippen molar-refractivity contribution in [1.82, 2.24) is 10.6 Å². The number of allylic oxidation sites excluding steroid dienone is 1. The zero-order valence-electron chi connectivity index (χ0n) is 17.5. The smallest absolute Gasteiger partial charge is 0.341 e. The van der Waals surface area contributed by atoms with Gasteiger partial charge >= 0.3 is 12.2 Å². The van der Waals surface area contributed by atoms with E-state index >= 15 is 0 Å². The number of hydrogen-bond acceptors (Lipinski definition) is 2. The van der Waals surface area contributed by atoms with Crippen LogP contribution < -0.4 is 10.6 Å². The number of hydrogen-bond donors (Lipinski definition) is 2. The molecule has 0 aliphatic rings. The van der Waals surface area contributed by atoms with Crippen molar-refractivity contribution in [2.24, 2.45) is 0 Å². The summed E-state index contributed by atoms with van der Waals surface area (Å²) in [5, 5.41) is 4.88. The molecule has 2 aromatic rings. The molecule has 1 unspecified atom stereocenters. The summed E-state index contributed by atoms with van der Waals surface area (Å²) in [5.41, 5.74) is 0.912. The highest BCUT2D eigenvalue weighted by Gasteiger charge is 2.39. The first-order valence-corrected chi connectivity index (χ1v) is 10.5. The van der Waals surface area contributed by atoms with Crippen LogP contribution in [0.4, 0.5) is 18.0 Å². The Bertz CT molecular complexity index is 939. The SMILES string of the molecule is CC(=O)c1ccc(/C=C/C(c2cc(Cl)c(Cl)c(Cl)c2)C(F)(F)F)cc1.CCNC(=O)NC. The lowest BCUT2D eigenvalue weighted by Crippen LogP contribution is -2.32. The molecular formula is C22H22Cl3F3N2O2. The number of carbonyl (C=O) groups is 2. The van der Waals surface area contributed by atoms with Gasteiger partial charge in [0.1, 0.15) is 0 Å². The Hall–Kier alpha value is -2.22. The number of benzene rings is 2. The fraction of sp³-hybridized carbons (Fsp3) is 0.273. The third-order valence-electron chi connectivity index (χ3n) is 4.08. The number of nitrogens with one attached hydrogen (secondary N) is 2. The average Bonchev–Trinajstić information content (AvgIpc) is 2.72. The van der Waals surface area contributed by atoms with Crippen molar-refractivity contribution in [3.63, 3.8) is 0 Å². The molecule has 2 amide bonds. The average molecular weight is 510 g/mol. The molecule has 2 aromatic carbocycles. The predicted molar refractivity (Wildman–Crippen MR) is 124 cm³/mol. The van der Waals surface area contributed by atoms with Gasteiger partial charge in [-0.25, -0.2) is 4.79 Å². The summed E-state index contributed by atoms with van der Waals surface area (Å²) < 4.78 is 40.3. The van der Waals surface area contributed by atoms with Crippen molar-refractivity contribution in [1.29, 1.82) is 0 Å². The molecule has 2 rings (SSSR count). The zero-order valence-corrected chi connectivity index (χ0v) is 19.8. The van der Waals surface area contributed by atoms with Gasteiger partial charge in [-0.1, -0.05) is 71.2 Å². The van der Waals surface area contributed by atoms with Crippen molar-refractivity contribution in [2.45, 2.75) is 25.9 Å². The van der Waals surface area contributed by atoms with Gasteiger partial charge < -0.3 is 10.6 Å². The maximum absolute atomic E-state index is 13.4. The van der Waals surface area contributed by atoms with Gasteiger partial charge in [0.25, 0.3) is 0 Å². The number of rotatable bonds is 5. The van der Waals surface area contributed by atoms with Gasteiger partial charge in [0.05, 0.1) is 21.0 Å². The minimum atomic E-state index is -4.53. The maximum atomic E-state index is 13.4. The van der Waals surface area contributed by atoms with E-state index in [0.29, 0.717) is 17.7 Å². The second-order valence-electron chi connectivity index (χ2n) is 6.46. The molecule has 4 nitrogen and oxygen atoms in total. The molecule has 32 heavy (non-hydrogen) atoms. The molecule has 0 aliphatic heterocycles. The van der Waals surface area contributed by atoms with E-state index in [0.717, 1.165) is 18.2 Å². The summed E-state index contributed by atoms with van der Waals surface area (Å²) in [4.78, 5) is 21.4. The molecule has 10 heteroatoms. The Morgan fingerprint density at radius 1 is 1.06 bits per heavy atom. The van der Waals surface area contributed by atoms with E-state index in [1.54, 1.807) is 31.3 Å². The summed E-state index contributed by atoms with van der Waals surface area (Å²) in [6.07, 6.45) is -2.19. The van der Waals surface area contributed by atoms with Crippen LogP contribution in [0.2, 0.25) is 15.1 Å². The van der Waals surface area contributed by atoms with Gasteiger partial charge in [-0.3, -0.25) is 4.79 Å². The number of amides is 2. The van der Waals surface area contributed by atoms with E-state index in [2.05, 4.69) is 10.6 Å². The molecule has 0 radical (unpaired) electrons. The highest BCUT2D eigenvalue weighted by atomic mass is 35.5. The van der Waals surface area contributed by atoms with Crippen molar-refractivity contribution in [3.8, 4) is 0 Å². The molecule has 2 N–H and O–H groups in total. The van der Waals surface area contributed by atoms with Crippen LogP contribution in [0.5, 0.6) is 0 Å². The van der Waals surface area contributed by atoms with Crippen LogP contribution in [-0.2, 0) is 0 Å². The predicted octanol–water partition coefficient (Wildman–Crippen LogP) is 7.14. The fourth-order valence-corrected chi connectivity index (χ4v) is 3.06. The molecule has 0 spiro atoms. The van der Waals surface area contributed by atoms with Gasteiger partial charge in [0.2, 0.25) is 0 Å². The number of ketones is 1. The number of halogens is 6. The van der Waals surface area contributed by atoms with Gasteiger partial charge in [-0.05, 0) is 37.1 Å². The Morgan fingerprint density at radius 3 is 1.97 bits per heavy atom. The van der Waals surface area contributed by atoms with Crippen LogP contribution in [0.25, 0.3) is 6.08 Å². The molecule has 0 aliphatic carbocycles. The number of alkyl halides is 3. The van der Waals surface area contributed by atoms with Crippen LogP contribution in [0.1, 0.15) is 41.3 Å². The summed E-state index contributed by atoms with van der Waals surface area (Å²) >= 11 is 17.5. The van der Waals surface area contributed by atoms with E-state index in [4.69, 9.17) is 34.8 Å². The van der Waals surface area contributed by atoms with E-state index in [9.17, 15) is 22.8 Å². The van der Waals surface area contributed by atoms with Crippen LogP contribution in [0.15, 0.2) is 42.5 Å². The molecule has 0 fully saturated rings. The first kappa shape index (κ1) is 27.8. The highest BCUT2D eigenvalue weighted by Crippen LogP contribution is 2.41. The second kappa shape index (κ2) is 12.7. The quantitative estimate of drug-likeness (QED) is 0.332. The topological polar surface area (TPSA) is 58.2 Å². The molecule has 0 aromatic heterocycles. The third-order valence-corrected chi connectivity index (χ3v) is 5.28. The number of urea groups is 1. The van der Waals surface area contributed by atoms with Crippen molar-refractivity contribution < 1.29 is 22.8 Å². The van der Waals surface area contributed by atoms with Crippen molar-refractivity contribution >= 4 is 52.7 Å². The minimum Gasteiger partial charge on any atom is -0.341 e. The van der Waals surface area contributed by atoms with Crippen LogP contribution in [0.3, 0.4) is 0 Å². The van der Waals surface area contributed by atoms with E-state index in [1.807, 2.05) is 6.92 Å². The molecule has 0 bridgehead atoms. The summed E-state index contributed by atoms with van der Waals surface area (Å²) in [5.74, 6) is -2.01. The Balaban J connectivity index is 0.000000633. The first-order valence-electron chi connectivity index (χ1n) is 9.36. The van der Waals surface area contributed by atoms with Crippen molar-refractivity contribution in [2.75, 3.05) is 13.6 Å². The van der Waals surface area contributed by atoms with E-state index in [1.165, 1.54) is 13.0 Å². The lowest BCUT2D eigenvalue weighted by molar-refractivity contribution is -0.139. The Labute approximate surface area is 199 Å². The minimum absolute atomic E-state index is 0.0109. The monoisotopic (exact) mass is 508 g/mol. The van der Waals surface area contributed by atoms with Crippen molar-refractivity contribution in [3.05, 3.63) is 74.2 Å². The molecular weight excluding hydrogens is 488 g/mol. The zero-order chi connectivity index (χ0) is 24.5. The maximum Gasteiger partial charge on any atom is 0.399 e. The molecule has 0 heterocycles. The number of Topliss-reactive ketones (excluding diaryl/α,β-unsaturated/α-hetero) is 1. The van der Waals surface area contributed by atoms with Gasteiger partial charge in [0, 0.05) is 19.2 Å². The molecule has 174 valence electrons. The largest absolute Gasteiger partial charge is 0.399 e. The van der Waals surface area contributed by atoms with Crippen LogP contribution >= 0.6 is 34.8 Å². The normalized spacial score (nSPS) is 12.0. The molecule has 0 saturated carbocycles. The van der Waals surface area contributed by atoms with E-state index < -0.39 is 12.1 Å². The fourth-order valence-electron chi connectivity index (χ4n) is 2.45. The molecule has 1 atom stereocenters. The summed E-state index contributed by atoms with van der Waals surface area (Å²) in [7, 11) is 1.59. The Morgan fingerprint density at radius 2 is 1.59 bits per heavy atom. The van der Waals surface area contributed by atoms with Gasteiger partial charge in [-0.15, -0.1) is 0 Å². The summed E-state index contributed by atoms with van der Waals surface area (Å²) in [6, 6.07) is 8.43. The third kappa shape index (κ3) is 8.73. The summed E-state index contributed by atoms with van der Waals surface area (Å²) in [6.45, 7) is 3.97. The number of carbonyl (C=O) groups excluding carboxylic acids is 2. The Kier molecular flexibility index (Phi) is 11.1. The molecule has 0 saturated heterocycles. The van der Waals surface area contributed by atoms with Crippen LogP contribution in [0, 0.1) is 0 Å².